The molecular formula is C17H16N2. The third-order valence-corrected chi connectivity index (χ3v) is 3.41. The number of aromatic amines is 1. The van der Waals surface area contributed by atoms with Gasteiger partial charge in [0, 0.05) is 11.1 Å². The second-order valence-corrected chi connectivity index (χ2v) is 4.78. The number of hydrogen-bond acceptors (Lipinski definition) is 1. The van der Waals surface area contributed by atoms with E-state index in [1.165, 1.54) is 16.7 Å². The predicted molar refractivity (Wildman–Crippen MR) is 78.9 cm³/mol. The molecule has 0 unspecified atom stereocenters. The molecule has 3 rings (SSSR count). The van der Waals surface area contributed by atoms with Crippen LogP contribution in [0.1, 0.15) is 11.1 Å². The summed E-state index contributed by atoms with van der Waals surface area (Å²) in [5.74, 6) is 0.927. The fourth-order valence-corrected chi connectivity index (χ4v) is 2.31. The Kier molecular flexibility index (Phi) is 2.92. The fraction of sp³-hybridized carbons (Fsp3) is 0.118. The SMILES string of the molecule is Cc1ccccc1-c1cnc(-c2ccccc2C)[nH]1. The highest BCUT2D eigenvalue weighted by Crippen LogP contribution is 2.25. The van der Waals surface area contributed by atoms with Crippen molar-refractivity contribution in [3.05, 3.63) is 65.9 Å². The largest absolute Gasteiger partial charge is 0.338 e. The lowest BCUT2D eigenvalue weighted by molar-refractivity contribution is 1.28. The number of hydrogen-bond donors (Lipinski definition) is 1. The Morgan fingerprint density at radius 1 is 0.789 bits per heavy atom. The minimum atomic E-state index is 0.927. The summed E-state index contributed by atoms with van der Waals surface area (Å²) in [5, 5.41) is 0. The average molecular weight is 248 g/mol. The number of imidazole rings is 1. The van der Waals surface area contributed by atoms with E-state index in [2.05, 4.69) is 60.2 Å². The van der Waals surface area contributed by atoms with Crippen molar-refractivity contribution in [2.45, 2.75) is 13.8 Å². The summed E-state index contributed by atoms with van der Waals surface area (Å²) in [7, 11) is 0. The van der Waals surface area contributed by atoms with E-state index in [4.69, 9.17) is 0 Å². The van der Waals surface area contributed by atoms with Gasteiger partial charge in [0.05, 0.1) is 11.9 Å². The monoisotopic (exact) mass is 248 g/mol. The summed E-state index contributed by atoms with van der Waals surface area (Å²) in [5.41, 5.74) is 5.91. The van der Waals surface area contributed by atoms with Crippen molar-refractivity contribution in [1.29, 1.82) is 0 Å². The smallest absolute Gasteiger partial charge is 0.138 e. The molecule has 3 aromatic rings. The van der Waals surface area contributed by atoms with Crippen molar-refractivity contribution in [1.82, 2.24) is 9.97 Å². The standard InChI is InChI=1S/C17H16N2/c1-12-7-3-5-9-14(12)16-11-18-17(19-16)15-10-6-4-8-13(15)2/h3-11H,1-2H3,(H,18,19). The Balaban J connectivity index is 2.06. The Morgan fingerprint density at radius 3 is 2.00 bits per heavy atom. The molecule has 0 saturated heterocycles. The molecule has 0 spiro atoms. The van der Waals surface area contributed by atoms with Gasteiger partial charge in [-0.1, -0.05) is 48.5 Å². The van der Waals surface area contributed by atoms with Crippen LogP contribution in [0.3, 0.4) is 0 Å². The molecule has 1 aromatic heterocycles. The molecule has 0 aliphatic carbocycles. The minimum Gasteiger partial charge on any atom is -0.338 e. The molecule has 0 amide bonds. The third-order valence-electron chi connectivity index (χ3n) is 3.41. The van der Waals surface area contributed by atoms with Gasteiger partial charge >= 0.3 is 0 Å². The van der Waals surface area contributed by atoms with E-state index in [1.54, 1.807) is 0 Å². The topological polar surface area (TPSA) is 28.7 Å². The summed E-state index contributed by atoms with van der Waals surface area (Å²) in [6.45, 7) is 4.22. The number of H-pyrrole nitrogens is 1. The van der Waals surface area contributed by atoms with Crippen molar-refractivity contribution in [2.75, 3.05) is 0 Å². The molecule has 0 fully saturated rings. The molecule has 0 aliphatic rings. The molecule has 0 aliphatic heterocycles. The van der Waals surface area contributed by atoms with Crippen LogP contribution in [0, 0.1) is 13.8 Å². The van der Waals surface area contributed by atoms with Crippen LogP contribution in [-0.4, -0.2) is 9.97 Å². The van der Waals surface area contributed by atoms with Crippen molar-refractivity contribution in [3.8, 4) is 22.6 Å². The second kappa shape index (κ2) is 4.73. The lowest BCUT2D eigenvalue weighted by Gasteiger charge is -2.03. The summed E-state index contributed by atoms with van der Waals surface area (Å²) in [6, 6.07) is 16.6. The maximum atomic E-state index is 4.51. The Bertz CT molecular complexity index is 651. The molecule has 1 N–H and O–H groups in total. The predicted octanol–water partition coefficient (Wildman–Crippen LogP) is 4.36. The van der Waals surface area contributed by atoms with Gasteiger partial charge in [-0.3, -0.25) is 0 Å². The average Bonchev–Trinajstić information content (AvgIpc) is 2.89. The normalized spacial score (nSPS) is 10.6. The summed E-state index contributed by atoms with van der Waals surface area (Å²) in [6.07, 6.45) is 1.91. The number of nitrogens with zero attached hydrogens (tertiary/aromatic N) is 1. The fourth-order valence-electron chi connectivity index (χ4n) is 2.31. The Hall–Kier alpha value is -2.35. The van der Waals surface area contributed by atoms with Gasteiger partial charge in [0.25, 0.3) is 0 Å². The van der Waals surface area contributed by atoms with E-state index in [0.717, 1.165) is 17.1 Å². The van der Waals surface area contributed by atoms with Crippen LogP contribution in [0.15, 0.2) is 54.7 Å². The number of benzene rings is 2. The highest BCUT2D eigenvalue weighted by atomic mass is 14.9. The van der Waals surface area contributed by atoms with E-state index in [9.17, 15) is 0 Å². The van der Waals surface area contributed by atoms with Gasteiger partial charge in [-0.2, -0.15) is 0 Å². The van der Waals surface area contributed by atoms with E-state index >= 15 is 0 Å². The highest BCUT2D eigenvalue weighted by Gasteiger charge is 2.08. The van der Waals surface area contributed by atoms with Crippen molar-refractivity contribution in [2.24, 2.45) is 0 Å². The molecule has 0 radical (unpaired) electrons. The van der Waals surface area contributed by atoms with Crippen LogP contribution in [0.4, 0.5) is 0 Å². The first-order chi connectivity index (χ1) is 9.25. The first-order valence-electron chi connectivity index (χ1n) is 6.43. The van der Waals surface area contributed by atoms with Crippen LogP contribution in [0.25, 0.3) is 22.6 Å². The van der Waals surface area contributed by atoms with E-state index < -0.39 is 0 Å². The van der Waals surface area contributed by atoms with Gasteiger partial charge in [-0.25, -0.2) is 4.98 Å². The zero-order valence-corrected chi connectivity index (χ0v) is 11.1. The van der Waals surface area contributed by atoms with Crippen LogP contribution >= 0.6 is 0 Å². The first kappa shape index (κ1) is 11.7. The van der Waals surface area contributed by atoms with Gasteiger partial charge in [-0.15, -0.1) is 0 Å². The summed E-state index contributed by atoms with van der Waals surface area (Å²) >= 11 is 0. The van der Waals surface area contributed by atoms with Crippen LogP contribution in [-0.2, 0) is 0 Å². The van der Waals surface area contributed by atoms with Crippen molar-refractivity contribution < 1.29 is 0 Å². The molecule has 0 atom stereocenters. The maximum Gasteiger partial charge on any atom is 0.138 e. The highest BCUT2D eigenvalue weighted by molar-refractivity contribution is 5.68. The maximum absolute atomic E-state index is 4.51. The van der Waals surface area contributed by atoms with E-state index in [1.807, 2.05) is 18.3 Å². The molecule has 94 valence electrons. The Morgan fingerprint density at radius 2 is 1.37 bits per heavy atom. The van der Waals surface area contributed by atoms with Crippen LogP contribution in [0.5, 0.6) is 0 Å². The zero-order chi connectivity index (χ0) is 13.2. The molecule has 0 bridgehead atoms. The number of nitrogens with one attached hydrogen (secondary N) is 1. The number of aromatic nitrogens is 2. The molecular weight excluding hydrogens is 232 g/mol. The summed E-state index contributed by atoms with van der Waals surface area (Å²) < 4.78 is 0. The summed E-state index contributed by atoms with van der Waals surface area (Å²) in [4.78, 5) is 7.93. The van der Waals surface area contributed by atoms with E-state index in [0.29, 0.717) is 0 Å². The van der Waals surface area contributed by atoms with Gasteiger partial charge < -0.3 is 4.98 Å². The zero-order valence-electron chi connectivity index (χ0n) is 11.1. The number of aryl methyl sites for hydroxylation is 2. The lowest BCUT2D eigenvalue weighted by Crippen LogP contribution is -1.85. The van der Waals surface area contributed by atoms with E-state index in [-0.39, 0.29) is 0 Å². The number of rotatable bonds is 2. The molecule has 1 heterocycles. The van der Waals surface area contributed by atoms with Crippen LogP contribution < -0.4 is 0 Å². The quantitative estimate of drug-likeness (QED) is 0.717. The minimum absolute atomic E-state index is 0.927. The second-order valence-electron chi connectivity index (χ2n) is 4.78. The molecule has 19 heavy (non-hydrogen) atoms. The lowest BCUT2D eigenvalue weighted by atomic mass is 10.1. The molecule has 2 aromatic carbocycles. The van der Waals surface area contributed by atoms with Gasteiger partial charge in [-0.05, 0) is 25.0 Å². The molecule has 0 saturated carbocycles. The molecule has 2 heteroatoms. The first-order valence-corrected chi connectivity index (χ1v) is 6.43. The van der Waals surface area contributed by atoms with Crippen molar-refractivity contribution >= 4 is 0 Å². The van der Waals surface area contributed by atoms with Gasteiger partial charge in [0.2, 0.25) is 0 Å². The van der Waals surface area contributed by atoms with Crippen molar-refractivity contribution in [3.63, 3.8) is 0 Å². The van der Waals surface area contributed by atoms with Crippen LogP contribution in [0.2, 0.25) is 0 Å². The third kappa shape index (κ3) is 2.17. The van der Waals surface area contributed by atoms with Gasteiger partial charge in [0.1, 0.15) is 5.82 Å². The Labute approximate surface area is 113 Å². The van der Waals surface area contributed by atoms with Gasteiger partial charge in [0.15, 0.2) is 0 Å². The molecule has 2 nitrogen and oxygen atoms in total.